The minimum absolute atomic E-state index is 0.103. The van der Waals surface area contributed by atoms with Crippen molar-refractivity contribution in [1.82, 2.24) is 4.31 Å². The molecule has 0 bridgehead atoms. The van der Waals surface area contributed by atoms with Gasteiger partial charge in [-0.25, -0.2) is 8.42 Å². The summed E-state index contributed by atoms with van der Waals surface area (Å²) in [5.74, 6) is 0. The van der Waals surface area contributed by atoms with Crippen molar-refractivity contribution in [2.45, 2.75) is 44.6 Å². The Balaban J connectivity index is 2.14. The Morgan fingerprint density at radius 3 is 2.53 bits per heavy atom. The van der Waals surface area contributed by atoms with E-state index in [0.717, 1.165) is 19.3 Å². The highest BCUT2D eigenvalue weighted by atomic mass is 32.2. The number of piperidine rings is 1. The van der Waals surface area contributed by atoms with Crippen LogP contribution in [0.2, 0.25) is 0 Å². The molecular weight excluding hydrogens is 282 g/mol. The molecule has 1 aliphatic rings. The predicted octanol–water partition coefficient (Wildman–Crippen LogP) is 2.44. The van der Waals surface area contributed by atoms with Gasteiger partial charge in [-0.3, -0.25) is 0 Å². The highest BCUT2D eigenvalue weighted by Gasteiger charge is 2.34. The molecule has 0 radical (unpaired) electrons. The maximum absolute atomic E-state index is 12.5. The maximum atomic E-state index is 12.5. The number of sulfonamides is 1. The molecular formula is C13H21NO3S2. The fraction of sp³-hybridized carbons (Fsp3) is 0.692. The fourth-order valence-electron chi connectivity index (χ4n) is 2.35. The van der Waals surface area contributed by atoms with Gasteiger partial charge in [-0.15, -0.1) is 11.3 Å². The Morgan fingerprint density at radius 1 is 1.42 bits per heavy atom. The van der Waals surface area contributed by atoms with Gasteiger partial charge in [-0.2, -0.15) is 4.31 Å². The van der Waals surface area contributed by atoms with Crippen LogP contribution in [0.3, 0.4) is 0 Å². The van der Waals surface area contributed by atoms with Crippen LogP contribution in [0.5, 0.6) is 0 Å². The summed E-state index contributed by atoms with van der Waals surface area (Å²) in [6, 6.07) is 1.58. The van der Waals surface area contributed by atoms with Crippen molar-refractivity contribution in [2.75, 3.05) is 13.1 Å². The summed E-state index contributed by atoms with van der Waals surface area (Å²) in [5, 5.41) is 10.6. The van der Waals surface area contributed by atoms with Crippen LogP contribution >= 0.6 is 11.3 Å². The van der Waals surface area contributed by atoms with Crippen molar-refractivity contribution in [2.24, 2.45) is 5.41 Å². The average molecular weight is 303 g/mol. The van der Waals surface area contributed by atoms with Gasteiger partial charge >= 0.3 is 0 Å². The van der Waals surface area contributed by atoms with Gasteiger partial charge in [0, 0.05) is 23.3 Å². The zero-order valence-corrected chi connectivity index (χ0v) is 13.1. The third kappa shape index (κ3) is 3.02. The zero-order chi connectivity index (χ0) is 14.1. The van der Waals surface area contributed by atoms with Gasteiger partial charge in [0.1, 0.15) is 0 Å². The highest BCUT2D eigenvalue weighted by molar-refractivity contribution is 7.89. The molecule has 0 aromatic carbocycles. The summed E-state index contributed by atoms with van der Waals surface area (Å²) in [7, 11) is -3.38. The first-order chi connectivity index (χ1) is 8.91. The number of rotatable bonds is 4. The van der Waals surface area contributed by atoms with E-state index in [0.29, 0.717) is 22.9 Å². The molecule has 1 aromatic rings. The fourth-order valence-corrected chi connectivity index (χ4v) is 4.91. The van der Waals surface area contributed by atoms with Crippen LogP contribution in [0.4, 0.5) is 0 Å². The van der Waals surface area contributed by atoms with Gasteiger partial charge in [0.15, 0.2) is 0 Å². The lowest BCUT2D eigenvalue weighted by Gasteiger charge is -2.38. The summed E-state index contributed by atoms with van der Waals surface area (Å²) in [5.41, 5.74) is 0.275. The first kappa shape index (κ1) is 15.0. The zero-order valence-electron chi connectivity index (χ0n) is 11.4. The van der Waals surface area contributed by atoms with Gasteiger partial charge in [-0.1, -0.05) is 20.3 Å². The summed E-state index contributed by atoms with van der Waals surface area (Å²) in [6.45, 7) is 5.48. The molecule has 1 N–H and O–H groups in total. The molecule has 2 rings (SSSR count). The molecule has 0 amide bonds. The van der Waals surface area contributed by atoms with E-state index >= 15 is 0 Å². The second-order valence-corrected chi connectivity index (χ2v) is 8.41. The predicted molar refractivity (Wildman–Crippen MR) is 76.6 cm³/mol. The topological polar surface area (TPSA) is 57.6 Å². The van der Waals surface area contributed by atoms with Crippen LogP contribution in [0.15, 0.2) is 16.3 Å². The van der Waals surface area contributed by atoms with Gasteiger partial charge < -0.3 is 5.11 Å². The Kier molecular flexibility index (Phi) is 4.35. The smallest absolute Gasteiger partial charge is 0.243 e. The lowest BCUT2D eigenvalue weighted by molar-refractivity contribution is 0.169. The van der Waals surface area contributed by atoms with Crippen molar-refractivity contribution in [1.29, 1.82) is 0 Å². The number of aliphatic hydroxyl groups excluding tert-OH is 1. The molecule has 0 unspecified atom stereocenters. The van der Waals surface area contributed by atoms with Crippen LogP contribution in [-0.2, 0) is 16.6 Å². The number of thiophene rings is 1. The molecule has 6 heteroatoms. The Bertz CT molecular complexity index is 528. The second-order valence-electron chi connectivity index (χ2n) is 5.48. The number of nitrogens with zero attached hydrogens (tertiary/aromatic N) is 1. The third-order valence-corrected chi connectivity index (χ3v) is 7.15. The van der Waals surface area contributed by atoms with Gasteiger partial charge in [-0.05, 0) is 24.3 Å². The Hall–Kier alpha value is -0.430. The van der Waals surface area contributed by atoms with E-state index in [1.807, 2.05) is 0 Å². The summed E-state index contributed by atoms with van der Waals surface area (Å²) in [6.07, 6.45) is 2.92. The SMILES string of the molecule is CCC1(C)CCN(S(=O)(=O)c2csc(CO)c2)CC1. The van der Waals surface area contributed by atoms with Crippen LogP contribution in [0, 0.1) is 5.41 Å². The van der Waals surface area contributed by atoms with Gasteiger partial charge in [0.2, 0.25) is 10.0 Å². The van der Waals surface area contributed by atoms with E-state index in [1.54, 1.807) is 15.8 Å². The van der Waals surface area contributed by atoms with Crippen molar-refractivity contribution in [3.63, 3.8) is 0 Å². The van der Waals surface area contributed by atoms with Crippen LogP contribution < -0.4 is 0 Å². The van der Waals surface area contributed by atoms with Crippen molar-refractivity contribution in [3.05, 3.63) is 16.3 Å². The number of aliphatic hydroxyl groups is 1. The van der Waals surface area contributed by atoms with Crippen LogP contribution in [-0.4, -0.2) is 30.9 Å². The lowest BCUT2D eigenvalue weighted by atomic mass is 9.79. The Labute approximate surface area is 119 Å². The van der Waals surface area contributed by atoms with E-state index in [-0.39, 0.29) is 12.0 Å². The minimum atomic E-state index is -3.38. The lowest BCUT2D eigenvalue weighted by Crippen LogP contribution is -2.41. The molecule has 4 nitrogen and oxygen atoms in total. The minimum Gasteiger partial charge on any atom is -0.391 e. The van der Waals surface area contributed by atoms with Crippen LogP contribution in [0.25, 0.3) is 0 Å². The molecule has 0 spiro atoms. The van der Waals surface area contributed by atoms with Crippen LogP contribution in [0.1, 0.15) is 38.0 Å². The summed E-state index contributed by atoms with van der Waals surface area (Å²) >= 11 is 1.29. The first-order valence-electron chi connectivity index (χ1n) is 6.60. The van der Waals surface area contributed by atoms with E-state index in [2.05, 4.69) is 13.8 Å². The largest absolute Gasteiger partial charge is 0.391 e. The summed E-state index contributed by atoms with van der Waals surface area (Å²) < 4.78 is 26.5. The van der Waals surface area contributed by atoms with E-state index < -0.39 is 10.0 Å². The molecule has 1 aliphatic heterocycles. The average Bonchev–Trinajstić information content (AvgIpc) is 2.89. The second kappa shape index (κ2) is 5.52. The maximum Gasteiger partial charge on any atom is 0.243 e. The third-order valence-electron chi connectivity index (χ3n) is 4.21. The monoisotopic (exact) mass is 303 g/mol. The molecule has 108 valence electrons. The van der Waals surface area contributed by atoms with Crippen molar-refractivity contribution < 1.29 is 13.5 Å². The molecule has 0 saturated carbocycles. The standard InChI is InChI=1S/C13H21NO3S2/c1-3-13(2)4-6-14(7-5-13)19(16,17)12-8-11(9-15)18-10-12/h8,10,15H,3-7,9H2,1-2H3. The van der Waals surface area contributed by atoms with Crippen molar-refractivity contribution >= 4 is 21.4 Å². The Morgan fingerprint density at radius 2 is 2.05 bits per heavy atom. The number of hydrogen-bond donors (Lipinski definition) is 1. The summed E-state index contributed by atoms with van der Waals surface area (Å²) in [4.78, 5) is 1.01. The molecule has 1 aromatic heterocycles. The van der Waals surface area contributed by atoms with Crippen molar-refractivity contribution in [3.8, 4) is 0 Å². The molecule has 0 aliphatic carbocycles. The highest BCUT2D eigenvalue weighted by Crippen LogP contribution is 2.36. The van der Waals surface area contributed by atoms with Gasteiger partial charge in [0.25, 0.3) is 0 Å². The quantitative estimate of drug-likeness (QED) is 0.929. The first-order valence-corrected chi connectivity index (χ1v) is 8.92. The number of hydrogen-bond acceptors (Lipinski definition) is 4. The normalized spacial score (nSPS) is 20.6. The molecule has 19 heavy (non-hydrogen) atoms. The molecule has 2 heterocycles. The van der Waals surface area contributed by atoms with Gasteiger partial charge in [0.05, 0.1) is 11.5 Å². The van der Waals surface area contributed by atoms with E-state index in [4.69, 9.17) is 5.11 Å². The molecule has 1 fully saturated rings. The molecule has 1 saturated heterocycles. The van der Waals surface area contributed by atoms with E-state index in [1.165, 1.54) is 11.3 Å². The van der Waals surface area contributed by atoms with E-state index in [9.17, 15) is 8.42 Å². The molecule has 0 atom stereocenters.